The van der Waals surface area contributed by atoms with Crippen LogP contribution in [-0.2, 0) is 0 Å². The lowest BCUT2D eigenvalue weighted by Gasteiger charge is -1.95. The van der Waals surface area contributed by atoms with Gasteiger partial charge >= 0.3 is 5.76 Å². The quantitative estimate of drug-likeness (QED) is 0.754. The predicted octanol–water partition coefficient (Wildman–Crippen LogP) is 1.79. The minimum absolute atomic E-state index is 0.435. The summed E-state index contributed by atoms with van der Waals surface area (Å²) >= 11 is 0. The minimum Gasteiger partial charge on any atom is -0.296 e. The van der Waals surface area contributed by atoms with Crippen molar-refractivity contribution in [1.82, 2.24) is 10.1 Å². The van der Waals surface area contributed by atoms with Crippen LogP contribution in [0.25, 0.3) is 11.4 Å². The maximum atomic E-state index is 10.9. The second-order valence-corrected chi connectivity index (χ2v) is 4.07. The Morgan fingerprint density at radius 3 is 3.00 bits per heavy atom. The maximum absolute atomic E-state index is 10.9. The van der Waals surface area contributed by atoms with Crippen LogP contribution in [0.4, 0.5) is 0 Å². The van der Waals surface area contributed by atoms with E-state index in [2.05, 4.69) is 26.5 Å². The first-order valence-electron chi connectivity index (χ1n) is 5.49. The number of nitrogens with zero attached hydrogens (tertiary/aromatic N) is 1. The van der Waals surface area contributed by atoms with Gasteiger partial charge in [-0.1, -0.05) is 29.1 Å². The van der Waals surface area contributed by atoms with E-state index in [0.717, 1.165) is 11.1 Å². The van der Waals surface area contributed by atoms with Gasteiger partial charge in [-0.3, -0.25) is 9.51 Å². The van der Waals surface area contributed by atoms with Crippen LogP contribution in [0.3, 0.4) is 0 Å². The van der Waals surface area contributed by atoms with Gasteiger partial charge in [-0.05, 0) is 25.0 Å². The van der Waals surface area contributed by atoms with E-state index in [1.165, 1.54) is 12.8 Å². The summed E-state index contributed by atoms with van der Waals surface area (Å²) in [6.07, 6.45) is 2.42. The molecule has 1 fully saturated rings. The Morgan fingerprint density at radius 2 is 2.29 bits per heavy atom. The third-order valence-corrected chi connectivity index (χ3v) is 2.57. The third-order valence-electron chi connectivity index (χ3n) is 2.57. The van der Waals surface area contributed by atoms with Crippen molar-refractivity contribution in [2.75, 3.05) is 0 Å². The fraction of sp³-hybridized carbons (Fsp3) is 0.231. The van der Waals surface area contributed by atoms with Gasteiger partial charge in [-0.2, -0.15) is 0 Å². The normalized spacial score (nSPS) is 14.1. The van der Waals surface area contributed by atoms with Crippen LogP contribution in [0.5, 0.6) is 0 Å². The van der Waals surface area contributed by atoms with Crippen molar-refractivity contribution in [1.29, 1.82) is 0 Å². The summed E-state index contributed by atoms with van der Waals surface area (Å²) in [6.45, 7) is 0. The van der Waals surface area contributed by atoms with Crippen LogP contribution in [0.15, 0.2) is 33.6 Å². The van der Waals surface area contributed by atoms with Crippen LogP contribution in [0.1, 0.15) is 18.4 Å². The van der Waals surface area contributed by atoms with Gasteiger partial charge in [-0.25, -0.2) is 4.79 Å². The molecule has 1 aromatic carbocycles. The molecule has 1 aliphatic rings. The van der Waals surface area contributed by atoms with Gasteiger partial charge in [-0.15, -0.1) is 0 Å². The summed E-state index contributed by atoms with van der Waals surface area (Å²) in [7, 11) is 0. The Bertz CT molecular complexity index is 654. The van der Waals surface area contributed by atoms with Crippen molar-refractivity contribution >= 4 is 0 Å². The highest BCUT2D eigenvalue weighted by molar-refractivity contribution is 5.57. The van der Waals surface area contributed by atoms with Crippen LogP contribution < -0.4 is 5.76 Å². The zero-order chi connectivity index (χ0) is 11.7. The lowest BCUT2D eigenvalue weighted by Crippen LogP contribution is -1.94. The van der Waals surface area contributed by atoms with Crippen molar-refractivity contribution < 1.29 is 4.52 Å². The zero-order valence-corrected chi connectivity index (χ0v) is 9.06. The van der Waals surface area contributed by atoms with Crippen molar-refractivity contribution in [2.45, 2.75) is 12.8 Å². The number of aromatic nitrogens is 2. The first-order chi connectivity index (χ1) is 8.31. The number of benzene rings is 1. The second-order valence-electron chi connectivity index (χ2n) is 4.07. The summed E-state index contributed by atoms with van der Waals surface area (Å²) in [5, 5.41) is 3.64. The lowest BCUT2D eigenvalue weighted by molar-refractivity contribution is 0.388. The largest absolute Gasteiger partial charge is 0.439 e. The van der Waals surface area contributed by atoms with E-state index in [1.807, 2.05) is 24.3 Å². The van der Waals surface area contributed by atoms with Crippen molar-refractivity contribution in [2.24, 2.45) is 5.92 Å². The number of H-pyrrole nitrogens is 1. The van der Waals surface area contributed by atoms with Crippen LogP contribution in [0, 0.1) is 17.8 Å². The van der Waals surface area contributed by atoms with Gasteiger partial charge < -0.3 is 0 Å². The van der Waals surface area contributed by atoms with Crippen molar-refractivity contribution in [3.63, 3.8) is 0 Å². The van der Waals surface area contributed by atoms with Gasteiger partial charge in [0.25, 0.3) is 0 Å². The number of hydrogen-bond acceptors (Lipinski definition) is 3. The SMILES string of the molecule is O=c1[nH]c(-c2cccc(C#CC3CC3)c2)no1. The molecule has 1 aromatic heterocycles. The molecule has 0 unspecified atom stereocenters. The highest BCUT2D eigenvalue weighted by atomic mass is 16.5. The van der Waals surface area contributed by atoms with Crippen LogP contribution >= 0.6 is 0 Å². The minimum atomic E-state index is -0.547. The summed E-state index contributed by atoms with van der Waals surface area (Å²) < 4.78 is 4.47. The van der Waals surface area contributed by atoms with Crippen LogP contribution in [-0.4, -0.2) is 10.1 Å². The Labute approximate surface area is 97.7 Å². The molecule has 1 N–H and O–H groups in total. The van der Waals surface area contributed by atoms with E-state index in [1.54, 1.807) is 0 Å². The van der Waals surface area contributed by atoms with E-state index in [0.29, 0.717) is 11.7 Å². The summed E-state index contributed by atoms with van der Waals surface area (Å²) in [5.41, 5.74) is 1.73. The monoisotopic (exact) mass is 226 g/mol. The molecule has 0 aliphatic heterocycles. The molecule has 1 aliphatic carbocycles. The molecule has 2 aromatic rings. The number of nitrogens with one attached hydrogen (secondary N) is 1. The van der Waals surface area contributed by atoms with Gasteiger partial charge in [0, 0.05) is 17.0 Å². The molecule has 0 atom stereocenters. The average Bonchev–Trinajstić information content (AvgIpc) is 3.08. The molecule has 84 valence electrons. The molecule has 0 bridgehead atoms. The average molecular weight is 226 g/mol. The number of rotatable bonds is 1. The number of hydrogen-bond donors (Lipinski definition) is 1. The maximum Gasteiger partial charge on any atom is 0.439 e. The van der Waals surface area contributed by atoms with E-state index in [-0.39, 0.29) is 0 Å². The third kappa shape index (κ3) is 2.28. The van der Waals surface area contributed by atoms with Gasteiger partial charge in [0.15, 0.2) is 5.82 Å². The topological polar surface area (TPSA) is 58.9 Å². The first-order valence-corrected chi connectivity index (χ1v) is 5.49. The highest BCUT2D eigenvalue weighted by Crippen LogP contribution is 2.27. The van der Waals surface area contributed by atoms with E-state index >= 15 is 0 Å². The molecular weight excluding hydrogens is 216 g/mol. The van der Waals surface area contributed by atoms with Gasteiger partial charge in [0.2, 0.25) is 0 Å². The fourth-order valence-corrected chi connectivity index (χ4v) is 1.51. The van der Waals surface area contributed by atoms with E-state index in [4.69, 9.17) is 0 Å². The Morgan fingerprint density at radius 1 is 1.41 bits per heavy atom. The smallest absolute Gasteiger partial charge is 0.296 e. The molecule has 17 heavy (non-hydrogen) atoms. The summed E-state index contributed by atoms with van der Waals surface area (Å²) in [4.78, 5) is 13.4. The molecule has 0 spiro atoms. The highest BCUT2D eigenvalue weighted by Gasteiger charge is 2.17. The summed E-state index contributed by atoms with van der Waals surface area (Å²) in [5.74, 6) is 6.78. The molecule has 0 amide bonds. The van der Waals surface area contributed by atoms with Gasteiger partial charge in [0.05, 0.1) is 0 Å². The first kappa shape index (κ1) is 9.91. The van der Waals surface area contributed by atoms with E-state index in [9.17, 15) is 4.79 Å². The van der Waals surface area contributed by atoms with E-state index < -0.39 is 5.76 Å². The molecular formula is C13H10N2O2. The standard InChI is InChI=1S/C13H10N2O2/c16-13-14-12(15-17-13)11-3-1-2-10(8-11)7-6-9-4-5-9/h1-3,8-9H,4-5H2,(H,14,15,16). The van der Waals surface area contributed by atoms with Crippen molar-refractivity contribution in [3.05, 3.63) is 40.4 Å². The molecule has 4 nitrogen and oxygen atoms in total. The molecule has 1 heterocycles. The lowest BCUT2D eigenvalue weighted by atomic mass is 10.1. The van der Waals surface area contributed by atoms with Gasteiger partial charge in [0.1, 0.15) is 0 Å². The Balaban J connectivity index is 1.93. The Kier molecular flexibility index (Phi) is 2.30. The molecule has 1 saturated carbocycles. The Hall–Kier alpha value is -2.28. The molecule has 0 saturated heterocycles. The summed E-state index contributed by atoms with van der Waals surface area (Å²) in [6, 6.07) is 7.58. The molecule has 0 radical (unpaired) electrons. The predicted molar refractivity (Wildman–Crippen MR) is 62.2 cm³/mol. The molecule has 4 heteroatoms. The number of aromatic amines is 1. The van der Waals surface area contributed by atoms with Crippen LogP contribution in [0.2, 0.25) is 0 Å². The van der Waals surface area contributed by atoms with Crippen molar-refractivity contribution in [3.8, 4) is 23.2 Å². The zero-order valence-electron chi connectivity index (χ0n) is 9.06. The second kappa shape index (κ2) is 3.95. The molecule has 3 rings (SSSR count). The fourth-order valence-electron chi connectivity index (χ4n) is 1.51.